The highest BCUT2D eigenvalue weighted by Gasteiger charge is 2.71. The number of methoxy groups -OCH3 is 4. The topological polar surface area (TPSA) is 118 Å². The number of likely N-dealkylation sites (N-methyl/N-ethyl adjacent to an activating group) is 1. The fourth-order valence-corrected chi connectivity index (χ4v) is 2.55. The van der Waals surface area contributed by atoms with Gasteiger partial charge in [0, 0.05) is 6.54 Å². The van der Waals surface area contributed by atoms with Crippen LogP contribution in [-0.4, -0.2) is 75.6 Å². The molecule has 1 saturated heterocycles. The number of rotatable bonds is 5. The van der Waals surface area contributed by atoms with E-state index in [0.717, 1.165) is 33.5 Å². The van der Waals surface area contributed by atoms with E-state index in [1.807, 2.05) is 0 Å². The Labute approximate surface area is 132 Å². The summed E-state index contributed by atoms with van der Waals surface area (Å²) in [6, 6.07) is 0. The molecule has 0 aliphatic carbocycles. The first-order chi connectivity index (χ1) is 10.9. The molecule has 1 rings (SSSR count). The van der Waals surface area contributed by atoms with Crippen molar-refractivity contribution in [3.8, 4) is 0 Å². The van der Waals surface area contributed by atoms with Crippen molar-refractivity contribution in [1.82, 2.24) is 5.06 Å². The first-order valence-electron chi connectivity index (χ1n) is 6.63. The van der Waals surface area contributed by atoms with Gasteiger partial charge in [0.25, 0.3) is 5.54 Å². The standard InChI is InChI=1S/C13H19NO9/c1-6-14-13(11(17)21-4,12(18)22-5)7(9(15)19-2)8(23-14)10(16)20-3/h7-8H,6H2,1-5H3. The highest BCUT2D eigenvalue weighted by molar-refractivity contribution is 6.10. The highest BCUT2D eigenvalue weighted by Crippen LogP contribution is 2.40. The van der Waals surface area contributed by atoms with Crippen LogP contribution in [0, 0.1) is 5.92 Å². The van der Waals surface area contributed by atoms with Crippen molar-refractivity contribution in [2.75, 3.05) is 35.0 Å². The number of nitrogens with zero attached hydrogens (tertiary/aromatic N) is 1. The van der Waals surface area contributed by atoms with E-state index in [9.17, 15) is 19.2 Å². The molecule has 0 N–H and O–H groups in total. The molecule has 0 aromatic rings. The van der Waals surface area contributed by atoms with E-state index >= 15 is 0 Å². The van der Waals surface area contributed by atoms with E-state index in [1.165, 1.54) is 0 Å². The Balaban J connectivity index is 3.62. The fourth-order valence-electron chi connectivity index (χ4n) is 2.55. The molecule has 0 radical (unpaired) electrons. The van der Waals surface area contributed by atoms with Crippen molar-refractivity contribution >= 4 is 23.9 Å². The third-order valence-electron chi connectivity index (χ3n) is 3.56. The zero-order valence-corrected chi connectivity index (χ0v) is 13.5. The molecule has 0 amide bonds. The van der Waals surface area contributed by atoms with Gasteiger partial charge in [-0.15, -0.1) is 0 Å². The highest BCUT2D eigenvalue weighted by atomic mass is 16.7. The normalized spacial score (nSPS) is 23.0. The smallest absolute Gasteiger partial charge is 0.341 e. The Morgan fingerprint density at radius 2 is 1.39 bits per heavy atom. The number of ether oxygens (including phenoxy) is 4. The first-order valence-corrected chi connectivity index (χ1v) is 6.63. The van der Waals surface area contributed by atoms with Crippen molar-refractivity contribution in [1.29, 1.82) is 0 Å². The van der Waals surface area contributed by atoms with E-state index in [1.54, 1.807) is 6.92 Å². The maximum atomic E-state index is 12.4. The molecule has 1 aliphatic heterocycles. The summed E-state index contributed by atoms with van der Waals surface area (Å²) in [5, 5.41) is 0.869. The monoisotopic (exact) mass is 333 g/mol. The Kier molecular flexibility index (Phi) is 6.05. The third kappa shape index (κ3) is 2.75. The van der Waals surface area contributed by atoms with Crippen LogP contribution in [0.4, 0.5) is 0 Å². The Morgan fingerprint density at radius 1 is 0.913 bits per heavy atom. The van der Waals surface area contributed by atoms with Crippen molar-refractivity contribution < 1.29 is 43.0 Å². The zero-order chi connectivity index (χ0) is 17.8. The molecular formula is C13H19NO9. The molecule has 130 valence electrons. The average molecular weight is 333 g/mol. The third-order valence-corrected chi connectivity index (χ3v) is 3.56. The van der Waals surface area contributed by atoms with Crippen molar-refractivity contribution in [2.45, 2.75) is 18.6 Å². The molecule has 2 unspecified atom stereocenters. The predicted molar refractivity (Wildman–Crippen MR) is 71.5 cm³/mol. The molecule has 0 bridgehead atoms. The number of carbonyl (C=O) groups is 4. The zero-order valence-electron chi connectivity index (χ0n) is 13.5. The van der Waals surface area contributed by atoms with Gasteiger partial charge >= 0.3 is 23.9 Å². The molecule has 0 aromatic heterocycles. The summed E-state index contributed by atoms with van der Waals surface area (Å²) in [5.74, 6) is -5.86. The van der Waals surface area contributed by atoms with E-state index in [2.05, 4.69) is 18.9 Å². The van der Waals surface area contributed by atoms with Gasteiger partial charge in [-0.05, 0) is 0 Å². The predicted octanol–water partition coefficient (Wildman–Crippen LogP) is -1.33. The average Bonchev–Trinajstić information content (AvgIpc) is 2.94. The van der Waals surface area contributed by atoms with Gasteiger partial charge in [0.2, 0.25) is 0 Å². The second-order valence-corrected chi connectivity index (χ2v) is 4.49. The number of hydrogen-bond donors (Lipinski definition) is 0. The van der Waals surface area contributed by atoms with Crippen LogP contribution < -0.4 is 0 Å². The maximum absolute atomic E-state index is 12.4. The molecule has 10 nitrogen and oxygen atoms in total. The number of hydroxylamine groups is 2. The van der Waals surface area contributed by atoms with Crippen molar-refractivity contribution in [3.63, 3.8) is 0 Å². The number of hydrogen-bond acceptors (Lipinski definition) is 10. The van der Waals surface area contributed by atoms with Gasteiger partial charge in [0.05, 0.1) is 28.4 Å². The summed E-state index contributed by atoms with van der Waals surface area (Å²) in [4.78, 5) is 54.2. The van der Waals surface area contributed by atoms with E-state index < -0.39 is 41.4 Å². The number of carbonyl (C=O) groups excluding carboxylic acids is 4. The molecule has 0 aromatic carbocycles. The minimum atomic E-state index is -2.32. The molecule has 1 heterocycles. The quantitative estimate of drug-likeness (QED) is 0.340. The fraction of sp³-hybridized carbons (Fsp3) is 0.692. The van der Waals surface area contributed by atoms with Crippen LogP contribution in [0.5, 0.6) is 0 Å². The van der Waals surface area contributed by atoms with Crippen LogP contribution in [0.3, 0.4) is 0 Å². The van der Waals surface area contributed by atoms with Crippen LogP contribution in [0.25, 0.3) is 0 Å². The van der Waals surface area contributed by atoms with Crippen LogP contribution in [-0.2, 0) is 43.0 Å². The Morgan fingerprint density at radius 3 is 1.74 bits per heavy atom. The van der Waals surface area contributed by atoms with Gasteiger partial charge in [-0.1, -0.05) is 6.92 Å². The molecule has 23 heavy (non-hydrogen) atoms. The van der Waals surface area contributed by atoms with Crippen molar-refractivity contribution in [3.05, 3.63) is 0 Å². The summed E-state index contributed by atoms with van der Waals surface area (Å²) in [6.45, 7) is 1.53. The van der Waals surface area contributed by atoms with Gasteiger partial charge in [-0.25, -0.2) is 14.4 Å². The van der Waals surface area contributed by atoms with Crippen LogP contribution in [0.2, 0.25) is 0 Å². The van der Waals surface area contributed by atoms with Crippen LogP contribution >= 0.6 is 0 Å². The van der Waals surface area contributed by atoms with Crippen LogP contribution in [0.15, 0.2) is 0 Å². The first kappa shape index (κ1) is 18.8. The minimum absolute atomic E-state index is 0.0226. The van der Waals surface area contributed by atoms with E-state index in [0.29, 0.717) is 0 Å². The number of esters is 4. The summed E-state index contributed by atoms with van der Waals surface area (Å²) < 4.78 is 18.5. The second-order valence-electron chi connectivity index (χ2n) is 4.49. The molecular weight excluding hydrogens is 314 g/mol. The lowest BCUT2D eigenvalue weighted by Crippen LogP contribution is -2.63. The molecule has 1 aliphatic rings. The lowest BCUT2D eigenvalue weighted by atomic mass is 9.80. The van der Waals surface area contributed by atoms with Crippen LogP contribution in [0.1, 0.15) is 6.92 Å². The maximum Gasteiger partial charge on any atom is 0.341 e. The SMILES string of the molecule is CCN1OC(C(=O)OC)C(C(=O)OC)C1(C(=O)OC)C(=O)OC. The largest absolute Gasteiger partial charge is 0.469 e. The molecule has 0 spiro atoms. The van der Waals surface area contributed by atoms with Gasteiger partial charge in [0.1, 0.15) is 5.92 Å². The molecule has 1 fully saturated rings. The van der Waals surface area contributed by atoms with Gasteiger partial charge in [-0.2, -0.15) is 5.06 Å². The lowest BCUT2D eigenvalue weighted by Gasteiger charge is -2.32. The van der Waals surface area contributed by atoms with Gasteiger partial charge in [0.15, 0.2) is 6.10 Å². The van der Waals surface area contributed by atoms with E-state index in [4.69, 9.17) is 4.84 Å². The van der Waals surface area contributed by atoms with Crippen molar-refractivity contribution in [2.24, 2.45) is 5.92 Å². The minimum Gasteiger partial charge on any atom is -0.469 e. The summed E-state index contributed by atoms with van der Waals surface area (Å²) in [5.41, 5.74) is -2.32. The summed E-state index contributed by atoms with van der Waals surface area (Å²) in [6.07, 6.45) is -1.56. The summed E-state index contributed by atoms with van der Waals surface area (Å²) >= 11 is 0. The van der Waals surface area contributed by atoms with Gasteiger partial charge in [-0.3, -0.25) is 9.63 Å². The summed E-state index contributed by atoms with van der Waals surface area (Å²) in [7, 11) is 4.18. The van der Waals surface area contributed by atoms with E-state index in [-0.39, 0.29) is 6.54 Å². The Bertz CT molecular complexity index is 488. The molecule has 10 heteroatoms. The lowest BCUT2D eigenvalue weighted by molar-refractivity contribution is -0.214. The molecule has 2 atom stereocenters. The molecule has 0 saturated carbocycles. The Hall–Kier alpha value is -2.20. The second kappa shape index (κ2) is 7.38. The van der Waals surface area contributed by atoms with Gasteiger partial charge < -0.3 is 18.9 Å².